The highest BCUT2D eigenvalue weighted by Gasteiger charge is 1.69. The Labute approximate surface area is 43.5 Å². The third-order valence-corrected chi connectivity index (χ3v) is 0.379. The summed E-state index contributed by atoms with van der Waals surface area (Å²) in [6.07, 6.45) is 1.56. The normalized spacial score (nSPS) is 9.43. The van der Waals surface area contributed by atoms with Gasteiger partial charge in [-0.2, -0.15) is 0 Å². The topological polar surface area (TPSA) is 21.6 Å². The van der Waals surface area contributed by atoms with Crippen molar-refractivity contribution in [1.82, 2.24) is 0 Å². The second kappa shape index (κ2) is 3.40. The Morgan fingerprint density at radius 1 is 1.86 bits per heavy atom. The van der Waals surface area contributed by atoms with Crippen LogP contribution >= 0.6 is 0 Å². The number of hydrogen-bond acceptors (Lipinski definition) is 2. The summed E-state index contributed by atoms with van der Waals surface area (Å²) in [5.74, 6) is 0. The van der Waals surface area contributed by atoms with Gasteiger partial charge in [0.1, 0.15) is 7.11 Å². The Hall–Kier alpha value is -0.790. The van der Waals surface area contributed by atoms with Gasteiger partial charge in [-0.1, -0.05) is 11.7 Å². The summed E-state index contributed by atoms with van der Waals surface area (Å²) in [6.45, 7) is 5.41. The second-order valence-corrected chi connectivity index (χ2v) is 1.26. The van der Waals surface area contributed by atoms with E-state index in [9.17, 15) is 0 Å². The largest absolute Gasteiger partial charge is 0.399 e. The third-order valence-electron chi connectivity index (χ3n) is 0.379. The molecule has 0 saturated heterocycles. The Balaban J connectivity index is 3.26. The van der Waals surface area contributed by atoms with Gasteiger partial charge in [0, 0.05) is 0 Å². The first kappa shape index (κ1) is 6.21. The molecule has 0 aliphatic carbocycles. The lowest BCUT2D eigenvalue weighted by molar-refractivity contribution is 0.215. The number of oxime groups is 1. The number of nitrogens with zero attached hydrogens (tertiary/aromatic N) is 1. The third kappa shape index (κ3) is 5.21. The average molecular weight is 99.1 g/mol. The van der Waals surface area contributed by atoms with Crippen LogP contribution in [0.2, 0.25) is 0 Å². The molecule has 0 amide bonds. The minimum absolute atomic E-state index is 0.891. The molecule has 0 aromatic carbocycles. The Kier molecular flexibility index (Phi) is 3.02. The Bertz CT molecular complexity index is 86.1. The van der Waals surface area contributed by atoms with Gasteiger partial charge in [0.25, 0.3) is 0 Å². The molecular formula is C5H9NO. The summed E-state index contributed by atoms with van der Waals surface area (Å²) in [5.41, 5.74) is 0.891. The molecule has 0 fully saturated rings. The summed E-state index contributed by atoms with van der Waals surface area (Å²) in [4.78, 5) is 4.36. The molecule has 0 saturated carbocycles. The SMILES string of the molecule is C=C(C)C=NOC. The van der Waals surface area contributed by atoms with Gasteiger partial charge >= 0.3 is 0 Å². The van der Waals surface area contributed by atoms with E-state index in [2.05, 4.69) is 16.6 Å². The molecule has 0 unspecified atom stereocenters. The predicted octanol–water partition coefficient (Wildman–Crippen LogP) is 1.19. The molecule has 0 radical (unpaired) electrons. The first-order chi connectivity index (χ1) is 3.27. The van der Waals surface area contributed by atoms with Crippen molar-refractivity contribution in [3.63, 3.8) is 0 Å². The van der Waals surface area contributed by atoms with Gasteiger partial charge in [-0.05, 0) is 12.5 Å². The maximum atomic E-state index is 4.36. The van der Waals surface area contributed by atoms with Crippen LogP contribution in [0.15, 0.2) is 17.3 Å². The zero-order chi connectivity index (χ0) is 5.70. The summed E-state index contributed by atoms with van der Waals surface area (Å²) in [7, 11) is 1.50. The van der Waals surface area contributed by atoms with E-state index >= 15 is 0 Å². The maximum Gasteiger partial charge on any atom is 0.106 e. The van der Waals surface area contributed by atoms with Crippen molar-refractivity contribution in [2.24, 2.45) is 5.16 Å². The van der Waals surface area contributed by atoms with Gasteiger partial charge < -0.3 is 4.84 Å². The van der Waals surface area contributed by atoms with Crippen LogP contribution in [0.1, 0.15) is 6.92 Å². The van der Waals surface area contributed by atoms with Crippen LogP contribution in [-0.2, 0) is 4.84 Å². The molecule has 0 bridgehead atoms. The van der Waals surface area contributed by atoms with Gasteiger partial charge in [0.05, 0.1) is 6.21 Å². The van der Waals surface area contributed by atoms with E-state index in [-0.39, 0.29) is 0 Å². The van der Waals surface area contributed by atoms with Crippen molar-refractivity contribution in [3.8, 4) is 0 Å². The van der Waals surface area contributed by atoms with E-state index in [0.717, 1.165) is 5.57 Å². The summed E-state index contributed by atoms with van der Waals surface area (Å²) >= 11 is 0. The highest BCUT2D eigenvalue weighted by Crippen LogP contribution is 1.77. The highest BCUT2D eigenvalue weighted by atomic mass is 16.6. The van der Waals surface area contributed by atoms with Crippen molar-refractivity contribution in [3.05, 3.63) is 12.2 Å². The fraction of sp³-hybridized carbons (Fsp3) is 0.400. The van der Waals surface area contributed by atoms with Crippen LogP contribution in [-0.4, -0.2) is 13.3 Å². The zero-order valence-electron chi connectivity index (χ0n) is 4.64. The summed E-state index contributed by atoms with van der Waals surface area (Å²) in [5, 5.41) is 3.45. The number of hydrogen-bond donors (Lipinski definition) is 0. The molecule has 0 heterocycles. The smallest absolute Gasteiger partial charge is 0.106 e. The van der Waals surface area contributed by atoms with Crippen LogP contribution in [0, 0.1) is 0 Å². The minimum atomic E-state index is 0.891. The van der Waals surface area contributed by atoms with Crippen molar-refractivity contribution in [2.45, 2.75) is 6.92 Å². The van der Waals surface area contributed by atoms with Gasteiger partial charge in [0.2, 0.25) is 0 Å². The Morgan fingerprint density at radius 3 is 2.57 bits per heavy atom. The molecule has 2 nitrogen and oxygen atoms in total. The first-order valence-corrected chi connectivity index (χ1v) is 1.99. The van der Waals surface area contributed by atoms with Crippen molar-refractivity contribution in [1.29, 1.82) is 0 Å². The van der Waals surface area contributed by atoms with E-state index in [1.807, 2.05) is 6.92 Å². The molecule has 0 aromatic rings. The molecule has 0 aromatic heterocycles. The van der Waals surface area contributed by atoms with Gasteiger partial charge in [-0.25, -0.2) is 0 Å². The van der Waals surface area contributed by atoms with E-state index in [1.165, 1.54) is 7.11 Å². The molecule has 7 heavy (non-hydrogen) atoms. The molecule has 0 aliphatic rings. The van der Waals surface area contributed by atoms with E-state index in [4.69, 9.17) is 0 Å². The van der Waals surface area contributed by atoms with Crippen LogP contribution < -0.4 is 0 Å². The summed E-state index contributed by atoms with van der Waals surface area (Å²) in [6, 6.07) is 0. The number of allylic oxidation sites excluding steroid dienone is 1. The lowest BCUT2D eigenvalue weighted by Gasteiger charge is -1.82. The van der Waals surface area contributed by atoms with Crippen LogP contribution in [0.3, 0.4) is 0 Å². The van der Waals surface area contributed by atoms with Gasteiger partial charge in [-0.3, -0.25) is 0 Å². The first-order valence-electron chi connectivity index (χ1n) is 1.99. The van der Waals surface area contributed by atoms with Crippen LogP contribution in [0.25, 0.3) is 0 Å². The molecule has 0 atom stereocenters. The minimum Gasteiger partial charge on any atom is -0.399 e. The molecule has 0 aliphatic heterocycles. The molecule has 2 heteroatoms. The molecule has 0 spiro atoms. The number of rotatable bonds is 2. The van der Waals surface area contributed by atoms with Crippen molar-refractivity contribution < 1.29 is 4.84 Å². The van der Waals surface area contributed by atoms with Gasteiger partial charge in [-0.15, -0.1) is 0 Å². The Morgan fingerprint density at radius 2 is 2.43 bits per heavy atom. The molecule has 0 N–H and O–H groups in total. The van der Waals surface area contributed by atoms with E-state index in [0.29, 0.717) is 0 Å². The highest BCUT2D eigenvalue weighted by molar-refractivity contribution is 5.75. The lowest BCUT2D eigenvalue weighted by atomic mass is 10.4. The fourth-order valence-corrected chi connectivity index (χ4v) is 0.143. The molecule has 40 valence electrons. The second-order valence-electron chi connectivity index (χ2n) is 1.26. The molecule has 0 rings (SSSR count). The van der Waals surface area contributed by atoms with E-state index in [1.54, 1.807) is 6.21 Å². The molecular weight excluding hydrogens is 90.1 g/mol. The quantitative estimate of drug-likeness (QED) is 0.376. The predicted molar refractivity (Wildman–Crippen MR) is 30.3 cm³/mol. The van der Waals surface area contributed by atoms with E-state index < -0.39 is 0 Å². The van der Waals surface area contributed by atoms with Crippen LogP contribution in [0.4, 0.5) is 0 Å². The van der Waals surface area contributed by atoms with Gasteiger partial charge in [0.15, 0.2) is 0 Å². The maximum absolute atomic E-state index is 4.36. The summed E-state index contributed by atoms with van der Waals surface area (Å²) < 4.78 is 0. The average Bonchev–Trinajstić information content (AvgIpc) is 1.61. The van der Waals surface area contributed by atoms with Crippen LogP contribution in [0.5, 0.6) is 0 Å². The standard InChI is InChI=1S/C5H9NO/c1-5(2)4-6-7-3/h4H,1H2,2-3H3. The fourth-order valence-electron chi connectivity index (χ4n) is 0.143. The lowest BCUT2D eigenvalue weighted by Crippen LogP contribution is -1.73. The van der Waals surface area contributed by atoms with Crippen molar-refractivity contribution >= 4 is 6.21 Å². The zero-order valence-corrected chi connectivity index (χ0v) is 4.64. The monoisotopic (exact) mass is 99.1 g/mol. The van der Waals surface area contributed by atoms with Crippen molar-refractivity contribution in [2.75, 3.05) is 7.11 Å².